The van der Waals surface area contributed by atoms with E-state index in [1.165, 1.54) is 38.5 Å². The Bertz CT molecular complexity index is 607. The molecule has 2 heterocycles. The number of nitrogens with zero attached hydrogens (tertiary/aromatic N) is 5. The van der Waals surface area contributed by atoms with Crippen molar-refractivity contribution >= 4 is 5.91 Å². The van der Waals surface area contributed by atoms with Gasteiger partial charge in [0.05, 0.1) is 5.41 Å². The van der Waals surface area contributed by atoms with Crippen LogP contribution in [0.15, 0.2) is 12.7 Å². The van der Waals surface area contributed by atoms with Gasteiger partial charge in [0.2, 0.25) is 5.91 Å². The minimum atomic E-state index is 0.0202. The average molecular weight is 358 g/mol. The third-order valence-corrected chi connectivity index (χ3v) is 7.51. The molecule has 5 aliphatic rings. The number of hydrogen-bond acceptors (Lipinski definition) is 4. The third kappa shape index (κ3) is 3.06. The molecule has 6 nitrogen and oxygen atoms in total. The molecule has 6 heteroatoms. The molecule has 4 bridgehead atoms. The first kappa shape index (κ1) is 16.7. The molecule has 1 saturated heterocycles. The predicted octanol–water partition coefficient (Wildman–Crippen LogP) is 2.03. The van der Waals surface area contributed by atoms with Crippen molar-refractivity contribution < 1.29 is 4.79 Å². The van der Waals surface area contributed by atoms with Crippen LogP contribution in [0.5, 0.6) is 0 Å². The number of carbonyl (C=O) groups excluding carboxylic acids is 1. The summed E-state index contributed by atoms with van der Waals surface area (Å²) in [5.74, 6) is 3.05. The van der Waals surface area contributed by atoms with Crippen LogP contribution in [0, 0.1) is 23.2 Å². The van der Waals surface area contributed by atoms with Crippen LogP contribution >= 0.6 is 0 Å². The Morgan fingerprint density at radius 3 is 2.19 bits per heavy atom. The van der Waals surface area contributed by atoms with Crippen LogP contribution in [-0.2, 0) is 11.3 Å². The van der Waals surface area contributed by atoms with Gasteiger partial charge >= 0.3 is 0 Å². The second kappa shape index (κ2) is 6.63. The Labute approximate surface area is 155 Å². The highest BCUT2D eigenvalue weighted by molar-refractivity contribution is 5.83. The molecule has 1 aromatic rings. The Balaban J connectivity index is 1.20. The quantitative estimate of drug-likeness (QED) is 0.827. The lowest BCUT2D eigenvalue weighted by molar-refractivity contribution is -0.157. The highest BCUT2D eigenvalue weighted by Crippen LogP contribution is 2.60. The SMILES string of the molecule is O=C(N1CCCN(CCn2cnnc2)CC1)C12CC3CC(CC(C3)C1)C2. The van der Waals surface area contributed by atoms with E-state index in [4.69, 9.17) is 0 Å². The maximum absolute atomic E-state index is 13.5. The Hall–Kier alpha value is -1.43. The molecule has 0 N–H and O–H groups in total. The summed E-state index contributed by atoms with van der Waals surface area (Å²) in [5.41, 5.74) is 0.0202. The van der Waals surface area contributed by atoms with Crippen molar-refractivity contribution in [3.05, 3.63) is 12.7 Å². The summed E-state index contributed by atoms with van der Waals surface area (Å²) in [4.78, 5) is 18.3. The van der Waals surface area contributed by atoms with Gasteiger partial charge in [0.25, 0.3) is 0 Å². The highest BCUT2D eigenvalue weighted by atomic mass is 16.2. The largest absolute Gasteiger partial charge is 0.341 e. The van der Waals surface area contributed by atoms with Crippen molar-refractivity contribution in [2.24, 2.45) is 23.2 Å². The Morgan fingerprint density at radius 2 is 1.54 bits per heavy atom. The minimum absolute atomic E-state index is 0.0202. The maximum atomic E-state index is 13.5. The molecule has 0 unspecified atom stereocenters. The highest BCUT2D eigenvalue weighted by Gasteiger charge is 2.55. The summed E-state index contributed by atoms with van der Waals surface area (Å²) in [6, 6.07) is 0. The van der Waals surface area contributed by atoms with E-state index in [9.17, 15) is 4.79 Å². The fourth-order valence-corrected chi connectivity index (χ4v) is 6.70. The predicted molar refractivity (Wildman–Crippen MR) is 98.3 cm³/mol. The molecule has 5 fully saturated rings. The molecule has 1 amide bonds. The van der Waals surface area contributed by atoms with Gasteiger partial charge < -0.3 is 9.47 Å². The summed E-state index contributed by atoms with van der Waals surface area (Å²) in [6.45, 7) is 5.88. The van der Waals surface area contributed by atoms with Crippen LogP contribution in [0.4, 0.5) is 0 Å². The molecule has 1 aliphatic heterocycles. The van der Waals surface area contributed by atoms with Crippen molar-refractivity contribution in [3.8, 4) is 0 Å². The smallest absolute Gasteiger partial charge is 0.228 e. The number of aromatic nitrogens is 3. The van der Waals surface area contributed by atoms with E-state index in [1.807, 2.05) is 4.57 Å². The van der Waals surface area contributed by atoms with Crippen molar-refractivity contribution in [3.63, 3.8) is 0 Å². The second-order valence-corrected chi connectivity index (χ2v) is 9.38. The molecule has 0 spiro atoms. The fraction of sp³-hybridized carbons (Fsp3) is 0.850. The summed E-state index contributed by atoms with van der Waals surface area (Å²) in [6.07, 6.45) is 12.4. The van der Waals surface area contributed by atoms with E-state index in [-0.39, 0.29) is 5.41 Å². The van der Waals surface area contributed by atoms with Gasteiger partial charge in [-0.3, -0.25) is 9.69 Å². The second-order valence-electron chi connectivity index (χ2n) is 9.38. The first-order valence-corrected chi connectivity index (χ1v) is 10.5. The first-order valence-electron chi connectivity index (χ1n) is 10.5. The fourth-order valence-electron chi connectivity index (χ4n) is 6.70. The zero-order valence-corrected chi connectivity index (χ0v) is 15.7. The van der Waals surface area contributed by atoms with Crippen molar-refractivity contribution in [1.82, 2.24) is 24.6 Å². The summed E-state index contributed by atoms with van der Waals surface area (Å²) in [7, 11) is 0. The maximum Gasteiger partial charge on any atom is 0.228 e. The molecule has 0 aromatic carbocycles. The van der Waals surface area contributed by atoms with E-state index in [2.05, 4.69) is 20.0 Å². The van der Waals surface area contributed by atoms with Crippen LogP contribution in [0.3, 0.4) is 0 Å². The van der Waals surface area contributed by atoms with E-state index in [1.54, 1.807) is 12.7 Å². The molecule has 142 valence electrons. The van der Waals surface area contributed by atoms with Gasteiger partial charge in [0.15, 0.2) is 0 Å². The molecular formula is C20H31N5O. The van der Waals surface area contributed by atoms with Crippen molar-refractivity contribution in [2.75, 3.05) is 32.7 Å². The lowest BCUT2D eigenvalue weighted by atomic mass is 9.49. The summed E-state index contributed by atoms with van der Waals surface area (Å²) in [5, 5.41) is 7.74. The van der Waals surface area contributed by atoms with Gasteiger partial charge in [-0.05, 0) is 69.2 Å². The van der Waals surface area contributed by atoms with E-state index < -0.39 is 0 Å². The van der Waals surface area contributed by atoms with Gasteiger partial charge in [-0.1, -0.05) is 0 Å². The Morgan fingerprint density at radius 1 is 0.885 bits per heavy atom. The standard InChI is InChI=1S/C20H31N5O/c26-19(20-11-16-8-17(12-20)10-18(9-16)13-20)25-3-1-2-23(6-7-25)4-5-24-14-21-22-15-24/h14-18H,1-13H2. The molecular weight excluding hydrogens is 326 g/mol. The number of rotatable bonds is 4. The van der Waals surface area contributed by atoms with Gasteiger partial charge in [-0.25, -0.2) is 0 Å². The van der Waals surface area contributed by atoms with E-state index in [0.717, 1.165) is 63.4 Å². The lowest BCUT2D eigenvalue weighted by Crippen LogP contribution is -2.55. The topological polar surface area (TPSA) is 54.3 Å². The minimum Gasteiger partial charge on any atom is -0.341 e. The normalized spacial score (nSPS) is 37.1. The van der Waals surface area contributed by atoms with Gasteiger partial charge in [-0.2, -0.15) is 0 Å². The first-order chi connectivity index (χ1) is 12.7. The lowest BCUT2D eigenvalue weighted by Gasteiger charge is -2.56. The number of amides is 1. The third-order valence-electron chi connectivity index (χ3n) is 7.51. The van der Waals surface area contributed by atoms with Crippen LogP contribution in [0.1, 0.15) is 44.9 Å². The van der Waals surface area contributed by atoms with Crippen LogP contribution in [-0.4, -0.2) is 63.2 Å². The van der Waals surface area contributed by atoms with Crippen molar-refractivity contribution in [2.45, 2.75) is 51.5 Å². The molecule has 1 aromatic heterocycles. The molecule has 26 heavy (non-hydrogen) atoms. The summed E-state index contributed by atoms with van der Waals surface area (Å²) < 4.78 is 2.03. The molecule has 0 atom stereocenters. The average Bonchev–Trinajstić information content (AvgIpc) is 3.03. The summed E-state index contributed by atoms with van der Waals surface area (Å²) >= 11 is 0. The van der Waals surface area contributed by atoms with E-state index in [0.29, 0.717) is 5.91 Å². The zero-order chi connectivity index (χ0) is 17.6. The van der Waals surface area contributed by atoms with E-state index >= 15 is 0 Å². The molecule has 4 saturated carbocycles. The number of hydrogen-bond donors (Lipinski definition) is 0. The van der Waals surface area contributed by atoms with Crippen molar-refractivity contribution in [1.29, 1.82) is 0 Å². The molecule has 4 aliphatic carbocycles. The molecule has 6 rings (SSSR count). The van der Waals surface area contributed by atoms with Gasteiger partial charge in [0.1, 0.15) is 12.7 Å². The van der Waals surface area contributed by atoms with Crippen LogP contribution < -0.4 is 0 Å². The number of carbonyl (C=O) groups is 1. The van der Waals surface area contributed by atoms with Gasteiger partial charge in [-0.15, -0.1) is 10.2 Å². The van der Waals surface area contributed by atoms with Crippen LogP contribution in [0.2, 0.25) is 0 Å². The monoisotopic (exact) mass is 357 g/mol. The zero-order valence-electron chi connectivity index (χ0n) is 15.7. The Kier molecular flexibility index (Phi) is 4.26. The molecule has 0 radical (unpaired) electrons. The van der Waals surface area contributed by atoms with Crippen LogP contribution in [0.25, 0.3) is 0 Å². The van der Waals surface area contributed by atoms with Gasteiger partial charge in [0, 0.05) is 32.7 Å².